The van der Waals surface area contributed by atoms with E-state index in [9.17, 15) is 0 Å². The molecule has 1 aliphatic carbocycles. The molecule has 228 valence electrons. The predicted molar refractivity (Wildman–Crippen MR) is 201 cm³/mol. The Labute approximate surface area is 276 Å². The van der Waals surface area contributed by atoms with Crippen molar-refractivity contribution in [2.45, 2.75) is 12.8 Å². The average molecular weight is 608 g/mol. The molecule has 0 radical (unpaired) electrons. The van der Waals surface area contributed by atoms with E-state index in [0.29, 0.717) is 0 Å². The van der Waals surface area contributed by atoms with Crippen LogP contribution in [0.3, 0.4) is 0 Å². The Balaban J connectivity index is 1.13. The molecule has 1 aromatic heterocycles. The summed E-state index contributed by atoms with van der Waals surface area (Å²) in [4.78, 5) is 4.60. The molecule has 3 heteroatoms. The molecular formula is C44H37N3. The number of hydrogen-bond acceptors (Lipinski definition) is 2. The molecule has 1 heterocycles. The van der Waals surface area contributed by atoms with Crippen molar-refractivity contribution < 1.29 is 0 Å². The van der Waals surface area contributed by atoms with Crippen LogP contribution >= 0.6 is 0 Å². The third kappa shape index (κ3) is 5.40. The van der Waals surface area contributed by atoms with Crippen LogP contribution in [0.1, 0.15) is 12.8 Å². The lowest BCUT2D eigenvalue weighted by molar-refractivity contribution is 0.918. The highest BCUT2D eigenvalue weighted by atomic mass is 15.1. The molecule has 8 rings (SSSR count). The van der Waals surface area contributed by atoms with Crippen molar-refractivity contribution in [1.29, 1.82) is 0 Å². The van der Waals surface area contributed by atoms with Gasteiger partial charge in [-0.2, -0.15) is 0 Å². The zero-order chi connectivity index (χ0) is 31.7. The Kier molecular flexibility index (Phi) is 7.43. The van der Waals surface area contributed by atoms with Crippen LogP contribution in [0, 0.1) is 0 Å². The minimum Gasteiger partial charge on any atom is -0.345 e. The smallest absolute Gasteiger partial charge is 0.0489 e. The minimum absolute atomic E-state index is 1.03. The van der Waals surface area contributed by atoms with Crippen molar-refractivity contribution in [2.24, 2.45) is 7.05 Å². The first kappa shape index (κ1) is 28.7. The van der Waals surface area contributed by atoms with Crippen LogP contribution in [0.25, 0.3) is 44.1 Å². The Bertz CT molecular complexity index is 2240. The summed E-state index contributed by atoms with van der Waals surface area (Å²) in [5, 5.41) is 2.55. The fourth-order valence-corrected chi connectivity index (χ4v) is 6.89. The van der Waals surface area contributed by atoms with Crippen molar-refractivity contribution in [3.8, 4) is 22.3 Å². The monoisotopic (exact) mass is 607 g/mol. The van der Waals surface area contributed by atoms with Crippen molar-refractivity contribution >= 4 is 44.6 Å². The molecule has 0 spiro atoms. The molecule has 0 aliphatic heterocycles. The van der Waals surface area contributed by atoms with Gasteiger partial charge in [0.1, 0.15) is 0 Å². The van der Waals surface area contributed by atoms with Gasteiger partial charge in [0, 0.05) is 64.3 Å². The van der Waals surface area contributed by atoms with Crippen LogP contribution in [-0.2, 0) is 7.05 Å². The molecule has 0 amide bonds. The van der Waals surface area contributed by atoms with Crippen molar-refractivity contribution in [2.75, 3.05) is 16.8 Å². The third-order valence-electron chi connectivity index (χ3n) is 9.49. The summed E-state index contributed by atoms with van der Waals surface area (Å²) >= 11 is 0. The maximum absolute atomic E-state index is 2.38. The van der Waals surface area contributed by atoms with Crippen molar-refractivity contribution in [3.63, 3.8) is 0 Å². The lowest BCUT2D eigenvalue weighted by atomic mass is 9.99. The van der Waals surface area contributed by atoms with Gasteiger partial charge in [-0.15, -0.1) is 0 Å². The van der Waals surface area contributed by atoms with Crippen LogP contribution < -0.4 is 9.80 Å². The van der Waals surface area contributed by atoms with Crippen molar-refractivity contribution in [3.05, 3.63) is 170 Å². The molecule has 0 unspecified atom stereocenters. The summed E-state index contributed by atoms with van der Waals surface area (Å²) in [6.45, 7) is 0. The number of rotatable bonds is 7. The largest absolute Gasteiger partial charge is 0.345 e. The predicted octanol–water partition coefficient (Wildman–Crippen LogP) is 11.8. The summed E-state index contributed by atoms with van der Waals surface area (Å²) in [5.74, 6) is 0. The van der Waals surface area contributed by atoms with E-state index in [0.717, 1.165) is 12.8 Å². The van der Waals surface area contributed by atoms with Gasteiger partial charge in [-0.1, -0.05) is 84.9 Å². The summed E-state index contributed by atoms with van der Waals surface area (Å²) in [6.07, 6.45) is 8.75. The van der Waals surface area contributed by atoms with E-state index in [4.69, 9.17) is 0 Å². The lowest BCUT2D eigenvalue weighted by Crippen LogP contribution is -2.17. The van der Waals surface area contributed by atoms with Crippen LogP contribution in [-0.4, -0.2) is 11.6 Å². The van der Waals surface area contributed by atoms with Crippen LogP contribution in [0.4, 0.5) is 22.7 Å². The normalized spacial score (nSPS) is 12.8. The van der Waals surface area contributed by atoms with E-state index >= 15 is 0 Å². The van der Waals surface area contributed by atoms with E-state index in [2.05, 4.69) is 192 Å². The second-order valence-corrected chi connectivity index (χ2v) is 12.3. The first-order valence-electron chi connectivity index (χ1n) is 16.4. The number of para-hydroxylation sites is 2. The van der Waals surface area contributed by atoms with Gasteiger partial charge in [0.2, 0.25) is 0 Å². The summed E-state index contributed by atoms with van der Waals surface area (Å²) in [5.41, 5.74) is 13.4. The quantitative estimate of drug-likeness (QED) is 0.179. The molecule has 0 N–H and O–H groups in total. The maximum Gasteiger partial charge on any atom is 0.0489 e. The first-order chi connectivity index (χ1) is 23.1. The number of benzene rings is 6. The van der Waals surface area contributed by atoms with E-state index in [-0.39, 0.29) is 0 Å². The van der Waals surface area contributed by atoms with Gasteiger partial charge < -0.3 is 14.4 Å². The molecule has 0 saturated carbocycles. The molecule has 47 heavy (non-hydrogen) atoms. The van der Waals surface area contributed by atoms with E-state index in [1.165, 1.54) is 72.5 Å². The van der Waals surface area contributed by atoms with Gasteiger partial charge in [-0.3, -0.25) is 0 Å². The number of allylic oxidation sites excluding steroid dienone is 4. The number of anilines is 4. The fraction of sp³-hybridized carbons (Fsp3) is 0.0909. The Morgan fingerprint density at radius 2 is 0.979 bits per heavy atom. The molecular weight excluding hydrogens is 571 g/mol. The minimum atomic E-state index is 1.03. The number of aromatic nitrogens is 1. The molecule has 0 saturated heterocycles. The highest BCUT2D eigenvalue weighted by Gasteiger charge is 2.16. The molecule has 0 atom stereocenters. The summed E-state index contributed by atoms with van der Waals surface area (Å²) in [7, 11) is 4.28. The SMILES string of the molecule is CN(c1ccccc1)c1ccc(-c2ccc3c(c2)c2cc(-c4ccc(N(C5=CC=CCC5)c5ccccc5)cc4)ccc2n3C)cc1. The first-order valence-corrected chi connectivity index (χ1v) is 16.4. The molecule has 6 aromatic carbocycles. The maximum atomic E-state index is 2.38. The second-order valence-electron chi connectivity index (χ2n) is 12.3. The van der Waals surface area contributed by atoms with E-state index in [1.807, 2.05) is 0 Å². The zero-order valence-electron chi connectivity index (χ0n) is 26.8. The van der Waals surface area contributed by atoms with Crippen molar-refractivity contribution in [1.82, 2.24) is 4.57 Å². The molecule has 3 nitrogen and oxygen atoms in total. The number of hydrogen-bond donors (Lipinski definition) is 0. The number of aryl methyl sites for hydroxylation is 1. The Morgan fingerprint density at radius 1 is 0.511 bits per heavy atom. The summed E-state index contributed by atoms with van der Waals surface area (Å²) in [6, 6.07) is 52.8. The topological polar surface area (TPSA) is 11.4 Å². The summed E-state index contributed by atoms with van der Waals surface area (Å²) < 4.78 is 2.31. The van der Waals surface area contributed by atoms with Gasteiger partial charge >= 0.3 is 0 Å². The highest BCUT2D eigenvalue weighted by molar-refractivity contribution is 6.10. The van der Waals surface area contributed by atoms with Crippen LogP contribution in [0.15, 0.2) is 170 Å². The third-order valence-corrected chi connectivity index (χ3v) is 9.49. The average Bonchev–Trinajstić information content (AvgIpc) is 3.43. The van der Waals surface area contributed by atoms with Gasteiger partial charge in [-0.05, 0) is 114 Å². The Morgan fingerprint density at radius 3 is 1.51 bits per heavy atom. The molecule has 7 aromatic rings. The standard InChI is InChI=1S/C44H37N3/c1-45(36-12-6-3-7-13-36)37-24-18-32(19-25-37)34-22-28-43-41(30-34)42-31-35(23-29-44(42)46(43)2)33-20-26-40(27-21-33)47(38-14-8-4-9-15-38)39-16-10-5-11-17-39/h3-10,12-16,18-31H,11,17H2,1-2H3. The zero-order valence-corrected chi connectivity index (χ0v) is 26.8. The van der Waals surface area contributed by atoms with E-state index < -0.39 is 0 Å². The van der Waals surface area contributed by atoms with Crippen LogP contribution in [0.2, 0.25) is 0 Å². The highest BCUT2D eigenvalue weighted by Crippen LogP contribution is 2.37. The number of nitrogens with zero attached hydrogens (tertiary/aromatic N) is 3. The number of fused-ring (bicyclic) bond motifs is 3. The second kappa shape index (κ2) is 12.2. The molecule has 0 bridgehead atoms. The van der Waals surface area contributed by atoms with Crippen LogP contribution in [0.5, 0.6) is 0 Å². The molecule has 0 fully saturated rings. The van der Waals surface area contributed by atoms with Gasteiger partial charge in [0.05, 0.1) is 0 Å². The lowest BCUT2D eigenvalue weighted by Gasteiger charge is -2.29. The van der Waals surface area contributed by atoms with Gasteiger partial charge in [0.25, 0.3) is 0 Å². The molecule has 1 aliphatic rings. The fourth-order valence-electron chi connectivity index (χ4n) is 6.89. The van der Waals surface area contributed by atoms with Gasteiger partial charge in [-0.25, -0.2) is 0 Å². The van der Waals surface area contributed by atoms with E-state index in [1.54, 1.807) is 0 Å². The Hall–Kier alpha value is -5.80. The van der Waals surface area contributed by atoms with Gasteiger partial charge in [0.15, 0.2) is 0 Å².